The highest BCUT2D eigenvalue weighted by molar-refractivity contribution is 7.95. The molecule has 0 radical (unpaired) electrons. The van der Waals surface area contributed by atoms with Gasteiger partial charge in [0.1, 0.15) is 15.6 Å². The van der Waals surface area contributed by atoms with Crippen LogP contribution in [0.2, 0.25) is 0 Å². The van der Waals surface area contributed by atoms with Crippen molar-refractivity contribution in [3.8, 4) is 0 Å². The molecule has 0 unspecified atom stereocenters. The van der Waals surface area contributed by atoms with Gasteiger partial charge in [0.05, 0.1) is 11.5 Å². The van der Waals surface area contributed by atoms with Gasteiger partial charge < -0.3 is 0 Å². The van der Waals surface area contributed by atoms with Crippen LogP contribution in [-0.2, 0) is 19.7 Å². The molecule has 0 aliphatic heterocycles. The third kappa shape index (κ3) is 5.42. The van der Waals surface area contributed by atoms with Crippen LogP contribution in [0.15, 0.2) is 18.2 Å². The van der Waals surface area contributed by atoms with E-state index in [9.17, 15) is 21.6 Å². The molecule has 5 nitrogen and oxygen atoms in total. The molecular formula is C13H18O5S2. The van der Waals surface area contributed by atoms with Crippen molar-refractivity contribution in [2.45, 2.75) is 13.8 Å². The van der Waals surface area contributed by atoms with E-state index >= 15 is 0 Å². The molecule has 0 fully saturated rings. The summed E-state index contributed by atoms with van der Waals surface area (Å²) in [7, 11) is -7.08. The monoisotopic (exact) mass is 318 g/mol. The number of sulfone groups is 2. The molecule has 1 aromatic rings. The fraction of sp³-hybridized carbons (Fsp3) is 0.462. The largest absolute Gasteiger partial charge is 0.293 e. The topological polar surface area (TPSA) is 85.3 Å². The second kappa shape index (κ2) is 6.05. The van der Waals surface area contributed by atoms with E-state index in [2.05, 4.69) is 0 Å². The van der Waals surface area contributed by atoms with Crippen LogP contribution in [0.1, 0.15) is 21.5 Å². The van der Waals surface area contributed by atoms with Crippen molar-refractivity contribution in [2.75, 3.05) is 23.5 Å². The van der Waals surface area contributed by atoms with E-state index in [4.69, 9.17) is 0 Å². The minimum absolute atomic E-state index is 0.368. The maximum Gasteiger partial charge on any atom is 0.178 e. The molecule has 1 rings (SSSR count). The first kappa shape index (κ1) is 16.8. The third-order valence-electron chi connectivity index (χ3n) is 2.81. The van der Waals surface area contributed by atoms with Crippen LogP contribution in [0.25, 0.3) is 0 Å². The predicted molar refractivity (Wildman–Crippen MR) is 78.6 cm³/mol. The summed E-state index contributed by atoms with van der Waals surface area (Å²) in [6.07, 6.45) is 0.967. The van der Waals surface area contributed by atoms with Gasteiger partial charge in [-0.2, -0.15) is 0 Å². The molecule has 20 heavy (non-hydrogen) atoms. The Labute approximate surface area is 119 Å². The highest BCUT2D eigenvalue weighted by atomic mass is 32.2. The van der Waals surface area contributed by atoms with E-state index in [0.29, 0.717) is 11.1 Å². The van der Waals surface area contributed by atoms with E-state index in [0.717, 1.165) is 11.8 Å². The van der Waals surface area contributed by atoms with Crippen molar-refractivity contribution in [1.29, 1.82) is 0 Å². The summed E-state index contributed by atoms with van der Waals surface area (Å²) in [5.41, 5.74) is 1.94. The summed E-state index contributed by atoms with van der Waals surface area (Å²) in [5, 5.41) is 0. The summed E-state index contributed by atoms with van der Waals surface area (Å²) in [4.78, 5) is 12.0. The van der Waals surface area contributed by atoms with Gasteiger partial charge in [-0.05, 0) is 25.5 Å². The summed E-state index contributed by atoms with van der Waals surface area (Å²) in [6.45, 7) is 3.55. The van der Waals surface area contributed by atoms with Crippen molar-refractivity contribution in [3.63, 3.8) is 0 Å². The molecule has 0 bridgehead atoms. The molecule has 0 N–H and O–H groups in total. The molecule has 0 atom stereocenters. The lowest BCUT2D eigenvalue weighted by Crippen LogP contribution is -2.23. The number of hydrogen-bond donors (Lipinski definition) is 0. The van der Waals surface area contributed by atoms with Gasteiger partial charge in [0.2, 0.25) is 0 Å². The SMILES string of the molecule is Cc1ccc(C)c(C(=O)CS(=O)(=O)CCS(C)(=O)=O)c1. The number of rotatable bonds is 6. The first-order valence-corrected chi connectivity index (χ1v) is 9.87. The lowest BCUT2D eigenvalue weighted by Gasteiger charge is -2.07. The van der Waals surface area contributed by atoms with E-state index in [1.54, 1.807) is 19.1 Å². The molecule has 0 heterocycles. The fourth-order valence-corrected chi connectivity index (χ4v) is 4.59. The van der Waals surface area contributed by atoms with E-state index in [1.165, 1.54) is 0 Å². The third-order valence-corrected chi connectivity index (χ3v) is 5.54. The number of benzene rings is 1. The Balaban J connectivity index is 2.87. The first-order valence-electron chi connectivity index (χ1n) is 5.99. The molecule has 7 heteroatoms. The zero-order valence-corrected chi connectivity index (χ0v) is 13.3. The van der Waals surface area contributed by atoms with Crippen molar-refractivity contribution >= 4 is 25.5 Å². The highest BCUT2D eigenvalue weighted by Crippen LogP contribution is 2.12. The van der Waals surface area contributed by atoms with E-state index < -0.39 is 42.7 Å². The van der Waals surface area contributed by atoms with Gasteiger partial charge in [-0.15, -0.1) is 0 Å². The van der Waals surface area contributed by atoms with Crippen molar-refractivity contribution in [3.05, 3.63) is 34.9 Å². The summed E-state index contributed by atoms with van der Waals surface area (Å²) in [6, 6.07) is 5.24. The van der Waals surface area contributed by atoms with Crippen LogP contribution in [0.4, 0.5) is 0 Å². The van der Waals surface area contributed by atoms with Gasteiger partial charge >= 0.3 is 0 Å². The maximum atomic E-state index is 12.0. The highest BCUT2D eigenvalue weighted by Gasteiger charge is 2.21. The average molecular weight is 318 g/mol. The molecule has 0 aromatic heterocycles. The number of aryl methyl sites for hydroxylation is 2. The zero-order valence-electron chi connectivity index (χ0n) is 11.7. The Morgan fingerprint density at radius 3 is 2.20 bits per heavy atom. The lowest BCUT2D eigenvalue weighted by molar-refractivity contribution is 0.102. The van der Waals surface area contributed by atoms with Gasteiger partial charge in [0.25, 0.3) is 0 Å². The van der Waals surface area contributed by atoms with Crippen LogP contribution in [0.3, 0.4) is 0 Å². The molecule has 112 valence electrons. The maximum absolute atomic E-state index is 12.0. The smallest absolute Gasteiger partial charge is 0.178 e. The van der Waals surface area contributed by atoms with Gasteiger partial charge in [0.15, 0.2) is 15.6 Å². The average Bonchev–Trinajstić information content (AvgIpc) is 2.28. The van der Waals surface area contributed by atoms with Gasteiger partial charge in [-0.3, -0.25) is 4.79 Å². The van der Waals surface area contributed by atoms with Crippen LogP contribution in [-0.4, -0.2) is 46.1 Å². The van der Waals surface area contributed by atoms with Crippen molar-refractivity contribution < 1.29 is 21.6 Å². The number of carbonyl (C=O) groups is 1. The molecule has 0 saturated heterocycles. The summed E-state index contributed by atoms with van der Waals surface area (Å²) >= 11 is 0. The van der Waals surface area contributed by atoms with Gasteiger partial charge in [0, 0.05) is 11.8 Å². The molecule has 0 aliphatic rings. The molecule has 0 spiro atoms. The zero-order chi connectivity index (χ0) is 15.6. The quantitative estimate of drug-likeness (QED) is 0.729. The van der Waals surface area contributed by atoms with Crippen molar-refractivity contribution in [2.24, 2.45) is 0 Å². The van der Waals surface area contributed by atoms with Crippen LogP contribution in [0.5, 0.6) is 0 Å². The Hall–Kier alpha value is -1.21. The molecular weight excluding hydrogens is 300 g/mol. The number of hydrogen-bond acceptors (Lipinski definition) is 5. The minimum Gasteiger partial charge on any atom is -0.293 e. The molecule has 1 aromatic carbocycles. The standard InChI is InChI=1S/C13H18O5S2/c1-10-4-5-11(2)12(8-10)13(14)9-20(17,18)7-6-19(3,15)16/h4-5,8H,6-7,9H2,1-3H3. The van der Waals surface area contributed by atoms with Gasteiger partial charge in [-0.25, -0.2) is 16.8 Å². The summed E-state index contributed by atoms with van der Waals surface area (Å²) < 4.78 is 45.5. The van der Waals surface area contributed by atoms with Crippen LogP contribution < -0.4 is 0 Å². The second-order valence-electron chi connectivity index (χ2n) is 4.96. The Morgan fingerprint density at radius 2 is 1.65 bits per heavy atom. The lowest BCUT2D eigenvalue weighted by atomic mass is 10.0. The van der Waals surface area contributed by atoms with Crippen LogP contribution in [0, 0.1) is 13.8 Å². The minimum atomic E-state index is -3.72. The Kier molecular flexibility index (Phi) is 5.10. The number of carbonyl (C=O) groups excluding carboxylic acids is 1. The Bertz CT molecular complexity index is 715. The number of Topliss-reactive ketones (excluding diaryl/α,β-unsaturated/α-hetero) is 1. The predicted octanol–water partition coefficient (Wildman–Crippen LogP) is 0.946. The Morgan fingerprint density at radius 1 is 1.05 bits per heavy atom. The number of ketones is 1. The van der Waals surface area contributed by atoms with E-state index in [-0.39, 0.29) is 0 Å². The van der Waals surface area contributed by atoms with Crippen molar-refractivity contribution in [1.82, 2.24) is 0 Å². The molecule has 0 saturated carbocycles. The summed E-state index contributed by atoms with van der Waals surface area (Å²) in [5.74, 6) is -2.15. The van der Waals surface area contributed by atoms with Crippen LogP contribution >= 0.6 is 0 Å². The van der Waals surface area contributed by atoms with E-state index in [1.807, 2.05) is 13.0 Å². The molecule has 0 amide bonds. The first-order chi connectivity index (χ1) is 9.00. The normalized spacial score (nSPS) is 12.3. The second-order valence-corrected chi connectivity index (χ2v) is 9.41. The fourth-order valence-electron chi connectivity index (χ4n) is 1.66. The molecule has 0 aliphatic carbocycles. The van der Waals surface area contributed by atoms with Gasteiger partial charge in [-0.1, -0.05) is 17.7 Å².